The molecule has 4 nitrogen and oxygen atoms in total. The molecule has 1 amide bonds. The standard InChI is InChI=1S/C20H20FNO3S2/c21-18-4-2-1-3-17(18)19-9-7-16(26-19)8-10-20(23)22(14-5-6-14)15-11-12-27(24,25)13-15/h1-4,7-10,14-15H,5-6,11-13H2. The second-order valence-electron chi connectivity index (χ2n) is 7.05. The van der Waals surface area contributed by atoms with Gasteiger partial charge in [-0.1, -0.05) is 18.2 Å². The maximum atomic E-state index is 13.9. The summed E-state index contributed by atoms with van der Waals surface area (Å²) in [6.45, 7) is 0. The fraction of sp³-hybridized carbons (Fsp3) is 0.350. The lowest BCUT2D eigenvalue weighted by Gasteiger charge is -2.27. The summed E-state index contributed by atoms with van der Waals surface area (Å²) in [5.74, 6) is -0.178. The van der Waals surface area contributed by atoms with Crippen molar-refractivity contribution in [2.24, 2.45) is 0 Å². The zero-order valence-electron chi connectivity index (χ0n) is 14.7. The summed E-state index contributed by atoms with van der Waals surface area (Å²) in [6.07, 6.45) is 5.64. The minimum atomic E-state index is -3.03. The second-order valence-corrected chi connectivity index (χ2v) is 10.4. The third-order valence-corrected chi connectivity index (χ3v) is 7.79. The average molecular weight is 406 g/mol. The topological polar surface area (TPSA) is 54.5 Å². The van der Waals surface area contributed by atoms with Crippen LogP contribution in [0.25, 0.3) is 16.5 Å². The summed E-state index contributed by atoms with van der Waals surface area (Å²) in [6, 6.07) is 10.3. The molecule has 1 aromatic heterocycles. The first kappa shape index (κ1) is 18.4. The monoisotopic (exact) mass is 405 g/mol. The molecule has 0 radical (unpaired) electrons. The molecule has 2 aliphatic rings. The van der Waals surface area contributed by atoms with E-state index in [0.717, 1.165) is 22.6 Å². The Kier molecular flexibility index (Phi) is 4.90. The highest BCUT2D eigenvalue weighted by atomic mass is 32.2. The number of carbonyl (C=O) groups excluding carboxylic acids is 1. The molecule has 0 bridgehead atoms. The highest BCUT2D eigenvalue weighted by molar-refractivity contribution is 7.91. The van der Waals surface area contributed by atoms with Gasteiger partial charge in [0.15, 0.2) is 9.84 Å². The maximum Gasteiger partial charge on any atom is 0.247 e. The fourth-order valence-electron chi connectivity index (χ4n) is 3.49. The lowest BCUT2D eigenvalue weighted by atomic mass is 10.2. The second kappa shape index (κ2) is 7.20. The Morgan fingerprint density at radius 1 is 1.11 bits per heavy atom. The molecule has 2 heterocycles. The van der Waals surface area contributed by atoms with Crippen LogP contribution in [0, 0.1) is 5.82 Å². The zero-order chi connectivity index (χ0) is 19.0. The quantitative estimate of drug-likeness (QED) is 0.712. The number of amides is 1. The molecule has 1 saturated carbocycles. The molecule has 2 fully saturated rings. The number of hydrogen-bond donors (Lipinski definition) is 0. The number of rotatable bonds is 5. The van der Waals surface area contributed by atoms with Crippen molar-refractivity contribution >= 4 is 33.2 Å². The summed E-state index contributed by atoms with van der Waals surface area (Å²) in [5, 5.41) is 0. The van der Waals surface area contributed by atoms with E-state index in [4.69, 9.17) is 0 Å². The van der Waals surface area contributed by atoms with Crippen molar-refractivity contribution in [1.29, 1.82) is 0 Å². The first-order chi connectivity index (χ1) is 12.9. The molecule has 2 aromatic rings. The number of halogens is 1. The predicted octanol–water partition coefficient (Wildman–Crippen LogP) is 3.75. The van der Waals surface area contributed by atoms with Gasteiger partial charge in [0.2, 0.25) is 5.91 Å². The molecule has 1 aliphatic carbocycles. The summed E-state index contributed by atoms with van der Waals surface area (Å²) in [4.78, 5) is 16.1. The molecule has 1 saturated heterocycles. The van der Waals surface area contributed by atoms with Gasteiger partial charge in [-0.3, -0.25) is 4.79 Å². The summed E-state index contributed by atoms with van der Waals surface area (Å²) in [7, 11) is -3.03. The number of carbonyl (C=O) groups is 1. The first-order valence-electron chi connectivity index (χ1n) is 8.98. The van der Waals surface area contributed by atoms with E-state index >= 15 is 0 Å². The largest absolute Gasteiger partial charge is 0.332 e. The zero-order valence-corrected chi connectivity index (χ0v) is 16.3. The van der Waals surface area contributed by atoms with Crippen LogP contribution in [0.5, 0.6) is 0 Å². The molecule has 27 heavy (non-hydrogen) atoms. The van der Waals surface area contributed by atoms with Crippen molar-refractivity contribution < 1.29 is 17.6 Å². The minimum absolute atomic E-state index is 0.0690. The molecule has 1 atom stereocenters. The van der Waals surface area contributed by atoms with Crippen molar-refractivity contribution in [3.05, 3.63) is 53.2 Å². The predicted molar refractivity (Wildman–Crippen MR) is 106 cm³/mol. The highest BCUT2D eigenvalue weighted by Crippen LogP contribution is 2.33. The minimum Gasteiger partial charge on any atom is -0.332 e. The van der Waals surface area contributed by atoms with Crippen LogP contribution >= 0.6 is 11.3 Å². The summed E-state index contributed by atoms with van der Waals surface area (Å²) in [5.41, 5.74) is 0.546. The van der Waals surface area contributed by atoms with Gasteiger partial charge in [0.1, 0.15) is 5.82 Å². The molecule has 1 aliphatic heterocycles. The summed E-state index contributed by atoms with van der Waals surface area (Å²) < 4.78 is 37.5. The van der Waals surface area contributed by atoms with Crippen molar-refractivity contribution in [3.63, 3.8) is 0 Å². The van der Waals surface area contributed by atoms with Crippen molar-refractivity contribution in [1.82, 2.24) is 4.90 Å². The number of nitrogens with zero attached hydrogens (tertiary/aromatic N) is 1. The van der Waals surface area contributed by atoms with Gasteiger partial charge in [-0.25, -0.2) is 12.8 Å². The Morgan fingerprint density at radius 3 is 2.56 bits per heavy atom. The van der Waals surface area contributed by atoms with Crippen LogP contribution in [0.1, 0.15) is 24.1 Å². The SMILES string of the molecule is O=C(C=Cc1ccc(-c2ccccc2F)s1)N(C1CC1)C1CCS(=O)(=O)C1. The smallest absolute Gasteiger partial charge is 0.247 e. The Hall–Kier alpha value is -1.99. The Balaban J connectivity index is 1.49. The van der Waals surface area contributed by atoms with E-state index in [1.165, 1.54) is 23.5 Å². The molecular formula is C20H20FNO3S2. The van der Waals surface area contributed by atoms with Crippen LogP contribution < -0.4 is 0 Å². The van der Waals surface area contributed by atoms with Gasteiger partial charge in [0, 0.05) is 33.5 Å². The lowest BCUT2D eigenvalue weighted by Crippen LogP contribution is -2.41. The van der Waals surface area contributed by atoms with E-state index in [1.807, 2.05) is 12.1 Å². The molecular weight excluding hydrogens is 385 g/mol. The molecule has 0 N–H and O–H groups in total. The maximum absolute atomic E-state index is 13.9. The van der Waals surface area contributed by atoms with Crippen LogP contribution in [0.2, 0.25) is 0 Å². The van der Waals surface area contributed by atoms with Crippen molar-refractivity contribution in [2.45, 2.75) is 31.3 Å². The van der Waals surface area contributed by atoms with Gasteiger partial charge in [-0.15, -0.1) is 11.3 Å². The van der Waals surface area contributed by atoms with Gasteiger partial charge in [-0.05, 0) is 43.5 Å². The van der Waals surface area contributed by atoms with Gasteiger partial charge >= 0.3 is 0 Å². The Labute approximate surface area is 162 Å². The normalized spacial score (nSPS) is 21.6. The van der Waals surface area contributed by atoms with E-state index < -0.39 is 9.84 Å². The third kappa shape index (κ3) is 4.14. The van der Waals surface area contributed by atoms with Crippen molar-refractivity contribution in [2.75, 3.05) is 11.5 Å². The van der Waals surface area contributed by atoms with Crippen LogP contribution in [0.4, 0.5) is 4.39 Å². The number of thiophene rings is 1. The van der Waals surface area contributed by atoms with Crippen LogP contribution in [-0.4, -0.2) is 42.8 Å². The first-order valence-corrected chi connectivity index (χ1v) is 11.6. The highest BCUT2D eigenvalue weighted by Gasteiger charge is 2.41. The Morgan fingerprint density at radius 2 is 1.89 bits per heavy atom. The van der Waals surface area contributed by atoms with E-state index in [-0.39, 0.29) is 35.3 Å². The molecule has 142 valence electrons. The van der Waals surface area contributed by atoms with Gasteiger partial charge < -0.3 is 4.90 Å². The van der Waals surface area contributed by atoms with Crippen LogP contribution in [0.15, 0.2) is 42.5 Å². The molecule has 7 heteroatoms. The van der Waals surface area contributed by atoms with E-state index in [1.54, 1.807) is 29.2 Å². The van der Waals surface area contributed by atoms with E-state index in [2.05, 4.69) is 0 Å². The molecule has 0 spiro atoms. The number of sulfone groups is 1. The van der Waals surface area contributed by atoms with Gasteiger partial charge in [-0.2, -0.15) is 0 Å². The fourth-order valence-corrected chi connectivity index (χ4v) is 6.14. The average Bonchev–Trinajstić information content (AvgIpc) is 3.23. The summed E-state index contributed by atoms with van der Waals surface area (Å²) >= 11 is 1.42. The Bertz CT molecular complexity index is 992. The van der Waals surface area contributed by atoms with Crippen LogP contribution in [-0.2, 0) is 14.6 Å². The number of benzene rings is 1. The number of hydrogen-bond acceptors (Lipinski definition) is 4. The molecule has 4 rings (SSSR count). The molecule has 1 aromatic carbocycles. The molecule has 1 unspecified atom stereocenters. The van der Waals surface area contributed by atoms with Gasteiger partial charge in [0.05, 0.1) is 11.5 Å². The lowest BCUT2D eigenvalue weighted by molar-refractivity contribution is -0.128. The third-order valence-electron chi connectivity index (χ3n) is 4.95. The van der Waals surface area contributed by atoms with Gasteiger partial charge in [0.25, 0.3) is 0 Å². The van der Waals surface area contributed by atoms with Crippen molar-refractivity contribution in [3.8, 4) is 10.4 Å². The van der Waals surface area contributed by atoms with E-state index in [9.17, 15) is 17.6 Å². The van der Waals surface area contributed by atoms with E-state index in [0.29, 0.717) is 12.0 Å². The van der Waals surface area contributed by atoms with Crippen LogP contribution in [0.3, 0.4) is 0 Å².